The van der Waals surface area contributed by atoms with Crippen LogP contribution in [0.4, 0.5) is 0 Å². The van der Waals surface area contributed by atoms with Crippen molar-refractivity contribution in [3.8, 4) is 0 Å². The molecule has 0 bridgehead atoms. The van der Waals surface area contributed by atoms with Crippen molar-refractivity contribution < 1.29 is 13.5 Å². The first-order valence-corrected chi connectivity index (χ1v) is 9.44. The highest BCUT2D eigenvalue weighted by molar-refractivity contribution is 7.88. The van der Waals surface area contributed by atoms with Crippen LogP contribution >= 0.6 is 11.6 Å². The minimum atomic E-state index is -3.53. The summed E-state index contributed by atoms with van der Waals surface area (Å²) < 4.78 is 27.0. The topological polar surface area (TPSA) is 66.4 Å². The van der Waals surface area contributed by atoms with Gasteiger partial charge in [-0.25, -0.2) is 13.1 Å². The van der Waals surface area contributed by atoms with Crippen molar-refractivity contribution >= 4 is 21.6 Å². The Bertz CT molecular complexity index is 805. The molecule has 23 heavy (non-hydrogen) atoms. The Labute approximate surface area is 141 Å². The van der Waals surface area contributed by atoms with Crippen LogP contribution in [0.3, 0.4) is 0 Å². The fourth-order valence-electron chi connectivity index (χ4n) is 2.93. The van der Waals surface area contributed by atoms with Crippen molar-refractivity contribution in [3.63, 3.8) is 0 Å². The largest absolute Gasteiger partial charge is 0.384 e. The van der Waals surface area contributed by atoms with E-state index in [1.807, 2.05) is 24.3 Å². The summed E-state index contributed by atoms with van der Waals surface area (Å²) >= 11 is 5.80. The molecule has 1 unspecified atom stereocenters. The molecule has 0 amide bonds. The predicted molar refractivity (Wildman–Crippen MR) is 90.7 cm³/mol. The molecule has 0 saturated carbocycles. The fourth-order valence-corrected chi connectivity index (χ4v) is 4.25. The Balaban J connectivity index is 1.69. The SMILES string of the molecule is O=S(=O)(Cc1ccc(Cl)cc1)NCC1(O)CCc2ccccc21. The summed E-state index contributed by atoms with van der Waals surface area (Å²) in [6.45, 7) is -0.0140. The maximum absolute atomic E-state index is 12.2. The lowest BCUT2D eigenvalue weighted by Crippen LogP contribution is -2.39. The van der Waals surface area contributed by atoms with Crippen molar-refractivity contribution in [1.82, 2.24) is 4.72 Å². The second kappa shape index (κ2) is 6.24. The van der Waals surface area contributed by atoms with Crippen LogP contribution in [0, 0.1) is 0 Å². The zero-order valence-corrected chi connectivity index (χ0v) is 14.1. The Morgan fingerprint density at radius 3 is 2.57 bits per heavy atom. The van der Waals surface area contributed by atoms with Gasteiger partial charge in [-0.1, -0.05) is 48.0 Å². The number of fused-ring (bicyclic) bond motifs is 1. The molecule has 122 valence electrons. The number of nitrogens with one attached hydrogen (secondary N) is 1. The normalized spacial score (nSPS) is 20.4. The summed E-state index contributed by atoms with van der Waals surface area (Å²) in [4.78, 5) is 0. The number of benzene rings is 2. The summed E-state index contributed by atoms with van der Waals surface area (Å²) in [5, 5.41) is 11.3. The number of hydrogen-bond donors (Lipinski definition) is 2. The third kappa shape index (κ3) is 3.75. The van der Waals surface area contributed by atoms with Crippen LogP contribution in [0.2, 0.25) is 5.02 Å². The van der Waals surface area contributed by atoms with E-state index in [2.05, 4.69) is 4.72 Å². The van der Waals surface area contributed by atoms with Gasteiger partial charge in [-0.2, -0.15) is 0 Å². The highest BCUT2D eigenvalue weighted by Gasteiger charge is 2.37. The Kier molecular flexibility index (Phi) is 4.47. The number of aryl methyl sites for hydroxylation is 1. The van der Waals surface area contributed by atoms with Crippen LogP contribution in [0.5, 0.6) is 0 Å². The smallest absolute Gasteiger partial charge is 0.215 e. The quantitative estimate of drug-likeness (QED) is 0.870. The zero-order valence-electron chi connectivity index (χ0n) is 12.5. The molecule has 2 aromatic rings. The van der Waals surface area contributed by atoms with Gasteiger partial charge in [0.2, 0.25) is 10.0 Å². The fraction of sp³-hybridized carbons (Fsp3) is 0.294. The lowest BCUT2D eigenvalue weighted by atomic mass is 9.96. The number of aliphatic hydroxyl groups is 1. The van der Waals surface area contributed by atoms with Gasteiger partial charge in [-0.15, -0.1) is 0 Å². The van der Waals surface area contributed by atoms with E-state index in [1.54, 1.807) is 24.3 Å². The van der Waals surface area contributed by atoms with Gasteiger partial charge >= 0.3 is 0 Å². The minimum absolute atomic E-state index is 0.0140. The summed E-state index contributed by atoms with van der Waals surface area (Å²) in [6.07, 6.45) is 1.28. The molecule has 1 aliphatic carbocycles. The van der Waals surface area contributed by atoms with E-state index in [9.17, 15) is 13.5 Å². The van der Waals surface area contributed by atoms with Gasteiger partial charge in [0.25, 0.3) is 0 Å². The van der Waals surface area contributed by atoms with E-state index in [0.29, 0.717) is 17.0 Å². The highest BCUT2D eigenvalue weighted by atomic mass is 35.5. The number of halogens is 1. The molecule has 3 rings (SSSR count). The summed E-state index contributed by atoms with van der Waals surface area (Å²) in [6, 6.07) is 14.3. The van der Waals surface area contributed by atoms with Crippen LogP contribution in [0.15, 0.2) is 48.5 Å². The Morgan fingerprint density at radius 1 is 1.13 bits per heavy atom. The second-order valence-corrected chi connectivity index (χ2v) is 8.14. The molecule has 1 atom stereocenters. The van der Waals surface area contributed by atoms with Crippen molar-refractivity contribution in [1.29, 1.82) is 0 Å². The molecule has 0 fully saturated rings. The molecular weight excluding hydrogens is 334 g/mol. The van der Waals surface area contributed by atoms with Gasteiger partial charge in [-0.3, -0.25) is 0 Å². The molecule has 4 nitrogen and oxygen atoms in total. The maximum atomic E-state index is 12.2. The summed E-state index contributed by atoms with van der Waals surface area (Å²) in [5.41, 5.74) is 1.41. The highest BCUT2D eigenvalue weighted by Crippen LogP contribution is 2.36. The molecule has 1 aliphatic rings. The van der Waals surface area contributed by atoms with Crippen LogP contribution in [-0.2, 0) is 27.8 Å². The zero-order chi connectivity index (χ0) is 16.5. The molecule has 6 heteroatoms. The van der Waals surface area contributed by atoms with Gasteiger partial charge in [0.1, 0.15) is 5.60 Å². The molecular formula is C17H18ClNO3S. The number of rotatable bonds is 5. The van der Waals surface area contributed by atoms with Crippen LogP contribution in [-0.4, -0.2) is 20.1 Å². The molecule has 2 N–H and O–H groups in total. The van der Waals surface area contributed by atoms with Gasteiger partial charge < -0.3 is 5.11 Å². The first-order chi connectivity index (χ1) is 10.9. The molecule has 0 radical (unpaired) electrons. The van der Waals surface area contributed by atoms with Gasteiger partial charge in [-0.05, 0) is 41.7 Å². The monoisotopic (exact) mass is 351 g/mol. The predicted octanol–water partition coefficient (Wildman–Crippen LogP) is 2.59. The van der Waals surface area contributed by atoms with E-state index in [4.69, 9.17) is 11.6 Å². The summed E-state index contributed by atoms with van der Waals surface area (Å²) in [5.74, 6) is -0.137. The number of hydrogen-bond acceptors (Lipinski definition) is 3. The van der Waals surface area contributed by atoms with Crippen LogP contribution in [0.1, 0.15) is 23.1 Å². The lowest BCUT2D eigenvalue weighted by Gasteiger charge is -2.24. The third-order valence-corrected chi connectivity index (χ3v) is 5.73. The molecule has 0 aromatic heterocycles. The van der Waals surface area contributed by atoms with E-state index >= 15 is 0 Å². The average molecular weight is 352 g/mol. The molecule has 0 aliphatic heterocycles. The van der Waals surface area contributed by atoms with Gasteiger partial charge in [0.05, 0.1) is 5.75 Å². The second-order valence-electron chi connectivity index (χ2n) is 5.90. The lowest BCUT2D eigenvalue weighted by molar-refractivity contribution is 0.0442. The molecule has 2 aromatic carbocycles. The van der Waals surface area contributed by atoms with Gasteiger partial charge in [0.15, 0.2) is 0 Å². The van der Waals surface area contributed by atoms with Crippen molar-refractivity contribution in [2.45, 2.75) is 24.2 Å². The van der Waals surface area contributed by atoms with E-state index < -0.39 is 15.6 Å². The average Bonchev–Trinajstić information content (AvgIpc) is 2.86. The standard InChI is InChI=1S/C17H18ClNO3S/c18-15-7-5-13(6-8-15)11-23(21,22)19-12-17(20)10-9-14-3-1-2-4-16(14)17/h1-8,19-20H,9-12H2. The van der Waals surface area contributed by atoms with E-state index in [-0.39, 0.29) is 12.3 Å². The van der Waals surface area contributed by atoms with Crippen molar-refractivity contribution in [3.05, 3.63) is 70.2 Å². The Morgan fingerprint density at radius 2 is 1.83 bits per heavy atom. The molecule has 0 heterocycles. The van der Waals surface area contributed by atoms with Crippen LogP contribution < -0.4 is 4.72 Å². The van der Waals surface area contributed by atoms with Crippen LogP contribution in [0.25, 0.3) is 0 Å². The van der Waals surface area contributed by atoms with Gasteiger partial charge in [0, 0.05) is 11.6 Å². The summed E-state index contributed by atoms with van der Waals surface area (Å²) in [7, 11) is -3.53. The molecule has 0 saturated heterocycles. The third-order valence-electron chi connectivity index (χ3n) is 4.18. The van der Waals surface area contributed by atoms with E-state index in [1.165, 1.54) is 0 Å². The maximum Gasteiger partial charge on any atom is 0.215 e. The number of sulfonamides is 1. The minimum Gasteiger partial charge on any atom is -0.384 e. The molecule has 0 spiro atoms. The van der Waals surface area contributed by atoms with Crippen molar-refractivity contribution in [2.24, 2.45) is 0 Å². The first-order valence-electron chi connectivity index (χ1n) is 7.41. The van der Waals surface area contributed by atoms with E-state index in [0.717, 1.165) is 17.5 Å². The Hall–Kier alpha value is -1.40. The van der Waals surface area contributed by atoms with Crippen molar-refractivity contribution in [2.75, 3.05) is 6.54 Å². The first kappa shape index (κ1) is 16.5.